The van der Waals surface area contributed by atoms with Crippen LogP contribution in [0.2, 0.25) is 0 Å². The second kappa shape index (κ2) is 8.19. The van der Waals surface area contributed by atoms with Crippen molar-refractivity contribution >= 4 is 9.84 Å². The lowest BCUT2D eigenvalue weighted by Gasteiger charge is -2.25. The minimum atomic E-state index is -2.92. The van der Waals surface area contributed by atoms with Crippen molar-refractivity contribution in [2.45, 2.75) is 24.6 Å². The molecule has 1 heterocycles. The summed E-state index contributed by atoms with van der Waals surface area (Å²) in [4.78, 5) is 2.14. The second-order valence-corrected chi connectivity index (χ2v) is 8.22. The maximum absolute atomic E-state index is 12.8. The molecule has 1 aliphatic heterocycles. The first-order valence-corrected chi connectivity index (χ1v) is 9.64. The van der Waals surface area contributed by atoms with Crippen LogP contribution in [0.15, 0.2) is 36.0 Å². The number of sulfone groups is 1. The van der Waals surface area contributed by atoms with E-state index < -0.39 is 28.7 Å². The van der Waals surface area contributed by atoms with Crippen LogP contribution in [0.3, 0.4) is 0 Å². The first-order chi connectivity index (χ1) is 11.0. The van der Waals surface area contributed by atoms with E-state index in [9.17, 15) is 12.8 Å². The molecule has 1 fully saturated rings. The number of ether oxygens (including phenoxy) is 1. The largest absolute Gasteiger partial charge is 0.375 e. The van der Waals surface area contributed by atoms with Crippen LogP contribution in [0, 0.1) is 0 Å². The zero-order valence-electron chi connectivity index (χ0n) is 13.4. The number of allylic oxidation sites excluding steroid dienone is 2. The number of hydrogen-bond donors (Lipinski definition) is 1. The molecule has 0 saturated carbocycles. The van der Waals surface area contributed by atoms with Gasteiger partial charge in [0.15, 0.2) is 9.84 Å². The van der Waals surface area contributed by atoms with E-state index >= 15 is 0 Å². The van der Waals surface area contributed by atoms with Gasteiger partial charge in [-0.05, 0) is 12.0 Å². The monoisotopic (exact) mass is 344 g/mol. The Morgan fingerprint density at radius 2 is 2.17 bits per heavy atom. The average molecular weight is 344 g/mol. The van der Waals surface area contributed by atoms with E-state index in [4.69, 9.17) is 10.5 Å². The van der Waals surface area contributed by atoms with Crippen LogP contribution in [0.4, 0.5) is 4.39 Å². The highest BCUT2D eigenvalue weighted by atomic mass is 32.2. The van der Waals surface area contributed by atoms with E-state index in [1.54, 1.807) is 0 Å². The van der Waals surface area contributed by atoms with Gasteiger partial charge in [0.1, 0.15) is 6.67 Å². The molecule has 2 aliphatic rings. The van der Waals surface area contributed by atoms with Gasteiger partial charge in [0, 0.05) is 26.2 Å². The van der Waals surface area contributed by atoms with Gasteiger partial charge in [-0.15, -0.1) is 0 Å². The van der Waals surface area contributed by atoms with Crippen molar-refractivity contribution in [3.05, 3.63) is 36.0 Å². The normalized spacial score (nSPS) is 27.8. The molecular weight excluding hydrogens is 319 g/mol. The fourth-order valence-corrected chi connectivity index (χ4v) is 4.22. The molecule has 2 N–H and O–H groups in total. The Bertz CT molecular complexity index is 586. The van der Waals surface area contributed by atoms with Gasteiger partial charge in [-0.3, -0.25) is 4.90 Å². The van der Waals surface area contributed by atoms with Gasteiger partial charge >= 0.3 is 0 Å². The Hall–Kier alpha value is -1.02. The second-order valence-electron chi connectivity index (χ2n) is 5.92. The number of hydrogen-bond acceptors (Lipinski definition) is 5. The highest BCUT2D eigenvalue weighted by Gasteiger charge is 2.24. The summed E-state index contributed by atoms with van der Waals surface area (Å²) >= 11 is 0. The summed E-state index contributed by atoms with van der Waals surface area (Å²) in [6.45, 7) is 0.612. The van der Waals surface area contributed by atoms with E-state index in [2.05, 4.69) is 4.90 Å². The van der Waals surface area contributed by atoms with Crippen molar-refractivity contribution in [1.29, 1.82) is 0 Å². The van der Waals surface area contributed by atoms with Crippen LogP contribution in [0.25, 0.3) is 0 Å². The van der Waals surface area contributed by atoms with Crippen molar-refractivity contribution in [2.24, 2.45) is 5.73 Å². The molecule has 0 aromatic heterocycles. The zero-order valence-corrected chi connectivity index (χ0v) is 14.2. The van der Waals surface area contributed by atoms with E-state index in [0.29, 0.717) is 13.0 Å². The van der Waals surface area contributed by atoms with Crippen LogP contribution < -0.4 is 5.73 Å². The lowest BCUT2D eigenvalue weighted by molar-refractivity contribution is 0.102. The zero-order chi connectivity index (χ0) is 16.9. The SMILES string of the molecule is COC(C1=CC=CC(N2CCCS(=O)(=O)CC2)C=C1)C(N)CF. The molecule has 0 spiro atoms. The number of rotatable bonds is 5. The average Bonchev–Trinajstić information content (AvgIpc) is 2.86. The number of methoxy groups -OCH3 is 1. The lowest BCUT2D eigenvalue weighted by atomic mass is 10.0. The number of alkyl halides is 1. The molecule has 130 valence electrons. The molecule has 3 atom stereocenters. The summed E-state index contributed by atoms with van der Waals surface area (Å²) in [7, 11) is -1.41. The summed E-state index contributed by atoms with van der Waals surface area (Å²) in [5, 5.41) is 0. The van der Waals surface area contributed by atoms with E-state index in [0.717, 1.165) is 12.1 Å². The Balaban J connectivity index is 2.07. The molecule has 2 rings (SSSR count). The molecule has 7 heteroatoms. The molecule has 0 radical (unpaired) electrons. The van der Waals surface area contributed by atoms with E-state index in [1.165, 1.54) is 7.11 Å². The maximum atomic E-state index is 12.8. The minimum absolute atomic E-state index is 0.0242. The van der Waals surface area contributed by atoms with Crippen molar-refractivity contribution < 1.29 is 17.5 Å². The Labute approximate surface area is 137 Å². The van der Waals surface area contributed by atoms with Crippen LogP contribution in [0.5, 0.6) is 0 Å². The van der Waals surface area contributed by atoms with Gasteiger partial charge in [-0.1, -0.05) is 30.4 Å². The number of nitrogens with zero attached hydrogens (tertiary/aromatic N) is 1. The standard InChI is InChI=1S/C16H25FN2O3S/c1-22-16(15(18)12-17)13-4-2-5-14(7-6-13)19-8-3-10-23(20,21)11-9-19/h2,4-7,14-16H,3,8-12,18H2,1H3. The fourth-order valence-electron chi connectivity index (χ4n) is 2.94. The van der Waals surface area contributed by atoms with Gasteiger partial charge in [0.25, 0.3) is 0 Å². The smallest absolute Gasteiger partial charge is 0.151 e. The molecule has 23 heavy (non-hydrogen) atoms. The summed E-state index contributed by atoms with van der Waals surface area (Å²) in [6.07, 6.45) is 9.82. The van der Waals surface area contributed by atoms with Crippen molar-refractivity contribution in [1.82, 2.24) is 4.90 Å². The molecule has 5 nitrogen and oxygen atoms in total. The summed E-state index contributed by atoms with van der Waals surface area (Å²) in [5.74, 6) is 0.448. The Morgan fingerprint density at radius 3 is 2.87 bits per heavy atom. The van der Waals surface area contributed by atoms with Crippen molar-refractivity contribution in [3.8, 4) is 0 Å². The first-order valence-electron chi connectivity index (χ1n) is 7.82. The summed E-state index contributed by atoms with van der Waals surface area (Å²) in [5.41, 5.74) is 6.58. The Morgan fingerprint density at radius 1 is 1.39 bits per heavy atom. The third-order valence-electron chi connectivity index (χ3n) is 4.24. The van der Waals surface area contributed by atoms with Crippen LogP contribution >= 0.6 is 0 Å². The predicted molar refractivity (Wildman–Crippen MR) is 89.7 cm³/mol. The van der Waals surface area contributed by atoms with Crippen LogP contribution in [0.1, 0.15) is 6.42 Å². The molecule has 0 amide bonds. The topological polar surface area (TPSA) is 72.6 Å². The molecule has 0 aromatic carbocycles. The maximum Gasteiger partial charge on any atom is 0.151 e. The first kappa shape index (κ1) is 18.3. The van der Waals surface area contributed by atoms with Gasteiger partial charge in [0.05, 0.1) is 23.7 Å². The van der Waals surface area contributed by atoms with Gasteiger partial charge in [0.2, 0.25) is 0 Å². The lowest BCUT2D eigenvalue weighted by Crippen LogP contribution is -2.39. The third-order valence-corrected chi connectivity index (χ3v) is 5.96. The summed E-state index contributed by atoms with van der Waals surface area (Å²) in [6, 6.07) is -0.680. The van der Waals surface area contributed by atoms with E-state index in [1.807, 2.05) is 30.4 Å². The molecule has 1 saturated heterocycles. The fraction of sp³-hybridized carbons (Fsp3) is 0.625. The highest BCUT2D eigenvalue weighted by Crippen LogP contribution is 2.18. The number of nitrogens with two attached hydrogens (primary N) is 1. The molecular formula is C16H25FN2O3S. The van der Waals surface area contributed by atoms with E-state index in [-0.39, 0.29) is 17.5 Å². The minimum Gasteiger partial charge on any atom is -0.375 e. The van der Waals surface area contributed by atoms with Crippen molar-refractivity contribution in [2.75, 3.05) is 38.4 Å². The quantitative estimate of drug-likeness (QED) is 0.800. The molecule has 0 bridgehead atoms. The number of halogens is 1. The Kier molecular flexibility index (Phi) is 6.52. The third kappa shape index (κ3) is 4.97. The molecule has 0 aromatic rings. The van der Waals surface area contributed by atoms with Crippen LogP contribution in [-0.4, -0.2) is 69.9 Å². The van der Waals surface area contributed by atoms with Gasteiger partial charge < -0.3 is 10.5 Å². The van der Waals surface area contributed by atoms with Gasteiger partial charge in [-0.2, -0.15) is 0 Å². The van der Waals surface area contributed by atoms with Crippen molar-refractivity contribution in [3.63, 3.8) is 0 Å². The highest BCUT2D eigenvalue weighted by molar-refractivity contribution is 7.91. The molecule has 3 unspecified atom stereocenters. The van der Waals surface area contributed by atoms with Gasteiger partial charge in [-0.25, -0.2) is 12.8 Å². The molecule has 1 aliphatic carbocycles. The predicted octanol–water partition coefficient (Wildman–Crippen LogP) is 0.840. The summed E-state index contributed by atoms with van der Waals surface area (Å²) < 4.78 is 41.6. The van der Waals surface area contributed by atoms with Crippen LogP contribution in [-0.2, 0) is 14.6 Å².